The lowest BCUT2D eigenvalue weighted by Gasteiger charge is -2.15. The topological polar surface area (TPSA) is 77.1 Å². The van der Waals surface area contributed by atoms with E-state index in [2.05, 4.69) is 21.2 Å². The fourth-order valence-electron chi connectivity index (χ4n) is 4.13. The molecule has 1 saturated heterocycles. The molecule has 40 heavy (non-hydrogen) atoms. The molecule has 2 amide bonds. The number of anilines is 2. The molecule has 3 aromatic carbocycles. The first kappa shape index (κ1) is 29.6. The highest BCUT2D eigenvalue weighted by Gasteiger charge is 2.33. The number of hydrogen-bond donors (Lipinski definition) is 1. The van der Waals surface area contributed by atoms with Gasteiger partial charge in [-0.05, 0) is 99.0 Å². The molecule has 0 aromatic heterocycles. The summed E-state index contributed by atoms with van der Waals surface area (Å²) in [6.45, 7) is 8.44. The normalized spacial score (nSPS) is 14.0. The number of ether oxygens (including phenoxy) is 3. The van der Waals surface area contributed by atoms with Crippen molar-refractivity contribution in [3.63, 3.8) is 0 Å². The quantitative estimate of drug-likeness (QED) is 0.184. The number of benzene rings is 3. The molecule has 0 radical (unpaired) electrons. The molecule has 7 nitrogen and oxygen atoms in total. The van der Waals surface area contributed by atoms with Gasteiger partial charge in [-0.15, -0.1) is 0 Å². The van der Waals surface area contributed by atoms with Crippen LogP contribution >= 0.6 is 39.9 Å². The van der Waals surface area contributed by atoms with Crippen molar-refractivity contribution >= 4 is 73.5 Å². The Hall–Kier alpha value is -3.34. The van der Waals surface area contributed by atoms with Gasteiger partial charge in [-0.1, -0.05) is 46.0 Å². The maximum atomic E-state index is 13.2. The average Bonchev–Trinajstić information content (AvgIpc) is 3.19. The Morgan fingerprint density at radius 1 is 0.975 bits per heavy atom. The molecular formula is C30H29BrN2O5S2. The summed E-state index contributed by atoms with van der Waals surface area (Å²) < 4.78 is 18.5. The van der Waals surface area contributed by atoms with Crippen molar-refractivity contribution in [1.82, 2.24) is 0 Å². The summed E-state index contributed by atoms with van der Waals surface area (Å²) >= 11 is 10.2. The van der Waals surface area contributed by atoms with Gasteiger partial charge in [0.25, 0.3) is 11.8 Å². The van der Waals surface area contributed by atoms with Crippen LogP contribution in [0.2, 0.25) is 0 Å². The number of thioether (sulfide) groups is 1. The summed E-state index contributed by atoms with van der Waals surface area (Å²) in [7, 11) is 0. The van der Waals surface area contributed by atoms with Crippen LogP contribution in [0.3, 0.4) is 0 Å². The van der Waals surface area contributed by atoms with Crippen LogP contribution < -0.4 is 24.4 Å². The molecule has 1 heterocycles. The van der Waals surface area contributed by atoms with Gasteiger partial charge in [-0.2, -0.15) is 0 Å². The number of amides is 2. The van der Waals surface area contributed by atoms with Crippen molar-refractivity contribution in [1.29, 1.82) is 0 Å². The second-order valence-corrected chi connectivity index (χ2v) is 11.4. The number of carbonyl (C=O) groups excluding carboxylic acids is 2. The lowest BCUT2D eigenvalue weighted by atomic mass is 10.1. The van der Waals surface area contributed by atoms with E-state index in [9.17, 15) is 9.59 Å². The van der Waals surface area contributed by atoms with Crippen LogP contribution in [0.5, 0.6) is 17.2 Å². The summed E-state index contributed by atoms with van der Waals surface area (Å²) in [4.78, 5) is 27.9. The molecular weight excluding hydrogens is 612 g/mol. The molecule has 10 heteroatoms. The zero-order chi connectivity index (χ0) is 28.8. The molecule has 0 aliphatic carbocycles. The molecule has 0 spiro atoms. The van der Waals surface area contributed by atoms with E-state index in [1.54, 1.807) is 18.2 Å². The highest BCUT2D eigenvalue weighted by Crippen LogP contribution is 2.38. The number of aryl methyl sites for hydroxylation is 2. The Morgan fingerprint density at radius 2 is 1.65 bits per heavy atom. The van der Waals surface area contributed by atoms with E-state index >= 15 is 0 Å². The van der Waals surface area contributed by atoms with E-state index in [0.29, 0.717) is 39.6 Å². The number of halogens is 1. The zero-order valence-corrected chi connectivity index (χ0v) is 25.8. The molecule has 208 valence electrons. The third kappa shape index (κ3) is 7.04. The minimum Gasteiger partial charge on any atom is -0.494 e. The minimum absolute atomic E-state index is 0.185. The number of nitrogens with one attached hydrogen (secondary N) is 1. The molecule has 4 rings (SSSR count). The second-order valence-electron chi connectivity index (χ2n) is 8.83. The van der Waals surface area contributed by atoms with Gasteiger partial charge in [0.2, 0.25) is 0 Å². The number of nitrogens with zero attached hydrogens (tertiary/aromatic N) is 1. The molecule has 0 saturated carbocycles. The minimum atomic E-state index is -0.280. The number of hydrogen-bond acceptors (Lipinski definition) is 7. The molecule has 3 aromatic rings. The molecule has 1 fully saturated rings. The summed E-state index contributed by atoms with van der Waals surface area (Å²) in [5.74, 6) is 1.15. The van der Waals surface area contributed by atoms with E-state index in [4.69, 9.17) is 26.4 Å². The highest BCUT2D eigenvalue weighted by molar-refractivity contribution is 9.10. The van der Waals surface area contributed by atoms with Gasteiger partial charge in [-0.25, -0.2) is 0 Å². The van der Waals surface area contributed by atoms with Gasteiger partial charge in [0.05, 0.1) is 23.8 Å². The maximum Gasteiger partial charge on any atom is 0.270 e. The van der Waals surface area contributed by atoms with E-state index in [-0.39, 0.29) is 18.4 Å². The molecule has 1 N–H and O–H groups in total. The fraction of sp³-hybridized carbons (Fsp3) is 0.233. The summed E-state index contributed by atoms with van der Waals surface area (Å²) in [6.07, 6.45) is 1.77. The van der Waals surface area contributed by atoms with Crippen LogP contribution in [-0.4, -0.2) is 36.0 Å². The number of carbonyl (C=O) groups is 2. The lowest BCUT2D eigenvalue weighted by molar-refractivity contribution is -0.118. The van der Waals surface area contributed by atoms with E-state index < -0.39 is 0 Å². The van der Waals surface area contributed by atoms with Crippen molar-refractivity contribution in [2.45, 2.75) is 27.7 Å². The third-order valence-electron chi connectivity index (χ3n) is 5.89. The third-order valence-corrected chi connectivity index (χ3v) is 7.65. The molecule has 1 aliphatic rings. The van der Waals surface area contributed by atoms with E-state index in [0.717, 1.165) is 32.6 Å². The largest absolute Gasteiger partial charge is 0.494 e. The monoisotopic (exact) mass is 640 g/mol. The first-order valence-corrected chi connectivity index (χ1v) is 14.7. The smallest absolute Gasteiger partial charge is 0.270 e. The Morgan fingerprint density at radius 3 is 2.30 bits per heavy atom. The van der Waals surface area contributed by atoms with Gasteiger partial charge in [-0.3, -0.25) is 14.5 Å². The molecule has 1 aliphatic heterocycles. The van der Waals surface area contributed by atoms with Crippen molar-refractivity contribution in [2.75, 3.05) is 30.0 Å². The fourth-order valence-corrected chi connectivity index (χ4v) is 6.11. The lowest BCUT2D eigenvalue weighted by Crippen LogP contribution is -2.27. The van der Waals surface area contributed by atoms with Crippen LogP contribution in [0.15, 0.2) is 64.0 Å². The SMILES string of the molecule is CCOc1ccc(N2C(=O)/C(=C/c3ccc(OCC(=O)Nc4c(C)cc(Br)cc4C)c(OCC)c3)SC2=S)cc1. The standard InChI is InChI=1S/C30H29BrN2O5S2/c1-5-36-23-10-8-22(9-11-23)33-29(35)26(40-30(33)39)16-20-7-12-24(25(15-20)37-6-2)38-17-27(34)32-28-18(3)13-21(31)14-19(28)4/h7-16H,5-6,17H2,1-4H3,(H,32,34)/b26-16-. The Kier molecular flexibility index (Phi) is 9.89. The van der Waals surface area contributed by atoms with Crippen molar-refractivity contribution < 1.29 is 23.8 Å². The number of rotatable bonds is 10. The zero-order valence-electron chi connectivity index (χ0n) is 22.6. The van der Waals surface area contributed by atoms with Crippen molar-refractivity contribution in [3.05, 3.63) is 80.7 Å². The molecule has 0 bridgehead atoms. The Bertz CT molecular complexity index is 1450. The van der Waals surface area contributed by atoms with Crippen LogP contribution in [0.1, 0.15) is 30.5 Å². The highest BCUT2D eigenvalue weighted by atomic mass is 79.9. The number of thiocarbonyl (C=S) groups is 1. The Labute approximate surface area is 252 Å². The van der Waals surface area contributed by atoms with Gasteiger partial charge in [0.15, 0.2) is 22.4 Å². The first-order chi connectivity index (χ1) is 19.2. The molecule has 0 unspecified atom stereocenters. The van der Waals surface area contributed by atoms with Crippen molar-refractivity contribution in [2.24, 2.45) is 0 Å². The Balaban J connectivity index is 1.47. The van der Waals surface area contributed by atoms with Crippen LogP contribution in [-0.2, 0) is 9.59 Å². The maximum absolute atomic E-state index is 13.2. The van der Waals surface area contributed by atoms with E-state index in [1.165, 1.54) is 16.7 Å². The van der Waals surface area contributed by atoms with Gasteiger partial charge < -0.3 is 19.5 Å². The summed E-state index contributed by atoms with van der Waals surface area (Å²) in [5, 5.41) is 2.92. The van der Waals surface area contributed by atoms with Crippen LogP contribution in [0, 0.1) is 13.8 Å². The van der Waals surface area contributed by atoms with Gasteiger partial charge in [0, 0.05) is 10.2 Å². The van der Waals surface area contributed by atoms with Crippen molar-refractivity contribution in [3.8, 4) is 17.2 Å². The van der Waals surface area contributed by atoms with Crippen LogP contribution in [0.4, 0.5) is 11.4 Å². The van der Waals surface area contributed by atoms with E-state index in [1.807, 2.05) is 70.2 Å². The predicted octanol–water partition coefficient (Wildman–Crippen LogP) is 7.29. The second kappa shape index (κ2) is 13.3. The first-order valence-electron chi connectivity index (χ1n) is 12.7. The predicted molar refractivity (Wildman–Crippen MR) is 169 cm³/mol. The average molecular weight is 642 g/mol. The van der Waals surface area contributed by atoms with Gasteiger partial charge in [0.1, 0.15) is 5.75 Å². The molecule has 0 atom stereocenters. The summed E-state index contributed by atoms with van der Waals surface area (Å²) in [6, 6.07) is 16.5. The van der Waals surface area contributed by atoms with Crippen LogP contribution in [0.25, 0.3) is 6.08 Å². The van der Waals surface area contributed by atoms with Gasteiger partial charge >= 0.3 is 0 Å². The summed E-state index contributed by atoms with van der Waals surface area (Å²) in [5.41, 5.74) is 4.09.